The molecule has 0 aromatic heterocycles. The smallest absolute Gasteiger partial charge is 0.265 e. The van der Waals surface area contributed by atoms with E-state index in [0.29, 0.717) is 10.6 Å². The maximum Gasteiger partial charge on any atom is 0.265 e. The molecule has 21 heavy (non-hydrogen) atoms. The molecule has 1 saturated heterocycles. The zero-order valence-corrected chi connectivity index (χ0v) is 13.1. The Kier molecular flexibility index (Phi) is 4.77. The van der Waals surface area contributed by atoms with Crippen molar-refractivity contribution in [3.05, 3.63) is 52.0 Å². The minimum absolute atomic E-state index is 0.0549. The van der Waals surface area contributed by atoms with E-state index in [0.717, 1.165) is 0 Å². The summed E-state index contributed by atoms with van der Waals surface area (Å²) in [4.78, 5) is 25.5. The lowest BCUT2D eigenvalue weighted by Gasteiger charge is -2.27. The number of thiocarbonyl (C=S) groups is 1. The van der Waals surface area contributed by atoms with E-state index in [1.807, 2.05) is 0 Å². The third-order valence-corrected chi connectivity index (χ3v) is 3.93. The van der Waals surface area contributed by atoms with Gasteiger partial charge in [-0.2, -0.15) is 0 Å². The summed E-state index contributed by atoms with van der Waals surface area (Å²) < 4.78 is 0. The van der Waals surface area contributed by atoms with Crippen LogP contribution in [0.25, 0.3) is 6.08 Å². The van der Waals surface area contributed by atoms with E-state index in [9.17, 15) is 9.59 Å². The molecule has 7 heteroatoms. The van der Waals surface area contributed by atoms with Gasteiger partial charge < -0.3 is 0 Å². The van der Waals surface area contributed by atoms with Crippen molar-refractivity contribution in [1.82, 2.24) is 10.2 Å². The first-order valence-electron chi connectivity index (χ1n) is 5.89. The van der Waals surface area contributed by atoms with Gasteiger partial charge in [0.1, 0.15) is 5.57 Å². The van der Waals surface area contributed by atoms with Crippen molar-refractivity contribution < 1.29 is 9.59 Å². The maximum absolute atomic E-state index is 12.3. The molecule has 2 amide bonds. The van der Waals surface area contributed by atoms with E-state index in [1.54, 1.807) is 18.2 Å². The lowest BCUT2D eigenvalue weighted by Crippen LogP contribution is -2.53. The molecule has 0 saturated carbocycles. The number of carbonyl (C=O) groups excluding carboxylic acids is 2. The Morgan fingerprint density at radius 2 is 2.05 bits per heavy atom. The van der Waals surface area contributed by atoms with Gasteiger partial charge in [0.25, 0.3) is 11.8 Å². The molecular formula is C14H10Cl2N2O2S. The van der Waals surface area contributed by atoms with E-state index in [2.05, 4.69) is 11.9 Å². The number of halogens is 2. The molecule has 108 valence electrons. The number of hydrogen-bond acceptors (Lipinski definition) is 3. The van der Waals surface area contributed by atoms with Gasteiger partial charge in [-0.25, -0.2) is 0 Å². The Bertz CT molecular complexity index is 686. The Hall–Kier alpha value is -1.69. The van der Waals surface area contributed by atoms with E-state index in [4.69, 9.17) is 35.4 Å². The highest BCUT2D eigenvalue weighted by atomic mass is 35.5. The fraction of sp³-hybridized carbons (Fsp3) is 0.0714. The summed E-state index contributed by atoms with van der Waals surface area (Å²) in [5.41, 5.74) is 0.420. The third-order valence-electron chi connectivity index (χ3n) is 2.78. The summed E-state index contributed by atoms with van der Waals surface area (Å²) in [6.45, 7) is 3.76. The maximum atomic E-state index is 12.3. The van der Waals surface area contributed by atoms with E-state index in [1.165, 1.54) is 17.1 Å². The average Bonchev–Trinajstić information content (AvgIpc) is 2.44. The van der Waals surface area contributed by atoms with Gasteiger partial charge in [0.2, 0.25) is 0 Å². The number of rotatable bonds is 3. The molecule has 1 heterocycles. The van der Waals surface area contributed by atoms with Crippen molar-refractivity contribution in [2.45, 2.75) is 0 Å². The third kappa shape index (κ3) is 3.15. The number of carbonyl (C=O) groups is 2. The van der Waals surface area contributed by atoms with E-state index in [-0.39, 0.29) is 22.3 Å². The molecule has 0 aliphatic carbocycles. The summed E-state index contributed by atoms with van der Waals surface area (Å²) in [6, 6.07) is 4.96. The molecule has 0 atom stereocenters. The highest BCUT2D eigenvalue weighted by Crippen LogP contribution is 2.28. The van der Waals surface area contributed by atoms with Crippen molar-refractivity contribution in [2.24, 2.45) is 0 Å². The Labute approximate surface area is 137 Å². The fourth-order valence-corrected chi connectivity index (χ4v) is 2.39. The standard InChI is InChI=1S/C14H10Cl2N2O2S/c1-2-6-18-13(20)9(12(19)17-14(18)21)7-8-4-3-5-10(15)11(8)16/h2-5,7H,1,6H2,(H,17,19,21)/b9-7+. The van der Waals surface area contributed by atoms with Crippen LogP contribution in [0.3, 0.4) is 0 Å². The molecule has 2 rings (SSSR count). The van der Waals surface area contributed by atoms with Gasteiger partial charge in [0, 0.05) is 6.54 Å². The lowest BCUT2D eigenvalue weighted by atomic mass is 10.1. The SMILES string of the molecule is C=CCN1C(=O)/C(=C/c2cccc(Cl)c2Cl)C(=O)NC1=S. The highest BCUT2D eigenvalue weighted by Gasteiger charge is 2.32. The van der Waals surface area contributed by atoms with Crippen molar-refractivity contribution >= 4 is 58.4 Å². The average molecular weight is 341 g/mol. The number of nitrogens with one attached hydrogen (secondary N) is 1. The first-order chi connectivity index (χ1) is 9.95. The van der Waals surface area contributed by atoms with E-state index < -0.39 is 11.8 Å². The molecule has 1 aromatic carbocycles. The van der Waals surface area contributed by atoms with Crippen LogP contribution in [-0.4, -0.2) is 28.4 Å². The molecule has 1 N–H and O–H groups in total. The van der Waals surface area contributed by atoms with Crippen LogP contribution < -0.4 is 5.32 Å². The van der Waals surface area contributed by atoms with Crippen LogP contribution in [0.5, 0.6) is 0 Å². The van der Waals surface area contributed by atoms with E-state index >= 15 is 0 Å². The predicted octanol–water partition coefficient (Wildman–Crippen LogP) is 2.81. The molecule has 0 spiro atoms. The molecule has 0 unspecified atom stereocenters. The zero-order chi connectivity index (χ0) is 15.6. The molecule has 1 fully saturated rings. The number of nitrogens with zero attached hydrogens (tertiary/aromatic N) is 1. The summed E-state index contributed by atoms with van der Waals surface area (Å²) >= 11 is 16.9. The fourth-order valence-electron chi connectivity index (χ4n) is 1.78. The Balaban J connectivity index is 2.45. The summed E-state index contributed by atoms with van der Waals surface area (Å²) in [7, 11) is 0. The summed E-state index contributed by atoms with van der Waals surface area (Å²) in [6.07, 6.45) is 2.91. The van der Waals surface area contributed by atoms with Crippen LogP contribution in [0.4, 0.5) is 0 Å². The topological polar surface area (TPSA) is 49.4 Å². The molecule has 1 aliphatic rings. The van der Waals surface area contributed by atoms with Crippen LogP contribution in [0.2, 0.25) is 10.0 Å². The van der Waals surface area contributed by atoms with Crippen molar-refractivity contribution in [1.29, 1.82) is 0 Å². The molecular weight excluding hydrogens is 331 g/mol. The van der Waals surface area contributed by atoms with Gasteiger partial charge in [0.05, 0.1) is 10.0 Å². The minimum atomic E-state index is -0.568. The summed E-state index contributed by atoms with van der Waals surface area (Å²) in [5, 5.41) is 3.12. The number of benzene rings is 1. The Morgan fingerprint density at radius 1 is 1.33 bits per heavy atom. The largest absolute Gasteiger partial charge is 0.298 e. The van der Waals surface area contributed by atoms with Gasteiger partial charge in [-0.15, -0.1) is 6.58 Å². The monoisotopic (exact) mass is 340 g/mol. The van der Waals surface area contributed by atoms with Crippen LogP contribution in [0, 0.1) is 0 Å². The molecule has 0 radical (unpaired) electrons. The second-order valence-corrected chi connectivity index (χ2v) is 5.34. The van der Waals surface area contributed by atoms with Gasteiger partial charge in [-0.1, -0.05) is 41.4 Å². The van der Waals surface area contributed by atoms with Gasteiger partial charge in [0.15, 0.2) is 5.11 Å². The van der Waals surface area contributed by atoms with Gasteiger partial charge >= 0.3 is 0 Å². The first-order valence-corrected chi connectivity index (χ1v) is 7.06. The van der Waals surface area contributed by atoms with Crippen LogP contribution >= 0.6 is 35.4 Å². The summed E-state index contributed by atoms with van der Waals surface area (Å²) in [5.74, 6) is -1.07. The zero-order valence-electron chi connectivity index (χ0n) is 10.7. The first kappa shape index (κ1) is 15.7. The van der Waals surface area contributed by atoms with Crippen LogP contribution in [0.15, 0.2) is 36.4 Å². The predicted molar refractivity (Wildman–Crippen MR) is 87.1 cm³/mol. The second-order valence-electron chi connectivity index (χ2n) is 4.16. The second kappa shape index (κ2) is 6.39. The number of amides is 2. The van der Waals surface area contributed by atoms with Crippen LogP contribution in [0.1, 0.15) is 5.56 Å². The lowest BCUT2D eigenvalue weighted by molar-refractivity contribution is -0.128. The molecule has 0 bridgehead atoms. The molecule has 4 nitrogen and oxygen atoms in total. The molecule has 1 aliphatic heterocycles. The Morgan fingerprint density at radius 3 is 2.71 bits per heavy atom. The normalized spacial score (nSPS) is 17.1. The van der Waals surface area contributed by atoms with Gasteiger partial charge in [-0.05, 0) is 29.9 Å². The van der Waals surface area contributed by atoms with Crippen molar-refractivity contribution in [3.8, 4) is 0 Å². The minimum Gasteiger partial charge on any atom is -0.298 e. The van der Waals surface area contributed by atoms with Crippen molar-refractivity contribution in [3.63, 3.8) is 0 Å². The molecule has 1 aromatic rings. The van der Waals surface area contributed by atoms with Gasteiger partial charge in [-0.3, -0.25) is 19.8 Å². The van der Waals surface area contributed by atoms with Crippen molar-refractivity contribution in [2.75, 3.05) is 6.54 Å². The van der Waals surface area contributed by atoms with Crippen LogP contribution in [-0.2, 0) is 9.59 Å². The highest BCUT2D eigenvalue weighted by molar-refractivity contribution is 7.80. The quantitative estimate of drug-likeness (QED) is 0.398. The number of hydrogen-bond donors (Lipinski definition) is 1.